The maximum Gasteiger partial charge on any atom is 0.190 e. The van der Waals surface area contributed by atoms with E-state index in [-0.39, 0.29) is 0 Å². The van der Waals surface area contributed by atoms with Crippen LogP contribution in [0.1, 0.15) is 11.9 Å². The van der Waals surface area contributed by atoms with Crippen molar-refractivity contribution in [3.8, 4) is 0 Å². The molecule has 0 radical (unpaired) electrons. The van der Waals surface area contributed by atoms with Crippen molar-refractivity contribution in [2.45, 2.75) is 67.7 Å². The lowest BCUT2D eigenvalue weighted by Gasteiger charge is -2.43. The highest BCUT2D eigenvalue weighted by Gasteiger charge is 2.48. The van der Waals surface area contributed by atoms with E-state index in [0.29, 0.717) is 5.56 Å². The second-order valence-corrected chi connectivity index (χ2v) is 7.41. The smallest absolute Gasteiger partial charge is 0.190 e. The second kappa shape index (κ2) is 10.6. The van der Waals surface area contributed by atoms with E-state index < -0.39 is 80.9 Å². The van der Waals surface area contributed by atoms with Crippen molar-refractivity contribution < 1.29 is 59.8 Å². The largest absolute Gasteiger partial charge is 0.394 e. The molecule has 1 aromatic rings. The van der Waals surface area contributed by atoms with Gasteiger partial charge in [0.2, 0.25) is 0 Å². The molecule has 10 atom stereocenters. The fourth-order valence-electron chi connectivity index (χ4n) is 3.40. The van der Waals surface area contributed by atoms with E-state index in [0.717, 1.165) is 0 Å². The van der Waals surface area contributed by atoms with Crippen LogP contribution < -0.4 is 0 Å². The van der Waals surface area contributed by atoms with Gasteiger partial charge in [0.15, 0.2) is 18.9 Å². The van der Waals surface area contributed by atoms with Crippen LogP contribution in [-0.2, 0) is 18.9 Å². The first kappa shape index (κ1) is 24.4. The highest BCUT2D eigenvalue weighted by molar-refractivity contribution is 5.16. The number of hydrogen-bond donors (Lipinski definition) is 8. The van der Waals surface area contributed by atoms with Gasteiger partial charge in [0.25, 0.3) is 0 Å². The zero-order valence-electron chi connectivity index (χ0n) is 16.4. The lowest BCUT2D eigenvalue weighted by atomic mass is 9.99. The van der Waals surface area contributed by atoms with E-state index in [2.05, 4.69) is 0 Å². The van der Waals surface area contributed by atoms with Crippen molar-refractivity contribution >= 4 is 0 Å². The molecule has 0 unspecified atom stereocenters. The molecule has 2 aliphatic rings. The summed E-state index contributed by atoms with van der Waals surface area (Å²) in [5.74, 6) is 0. The van der Waals surface area contributed by atoms with Crippen LogP contribution in [0.15, 0.2) is 30.3 Å². The van der Waals surface area contributed by atoms with E-state index in [4.69, 9.17) is 18.9 Å². The summed E-state index contributed by atoms with van der Waals surface area (Å²) in [4.78, 5) is 0. The Labute approximate surface area is 177 Å². The Morgan fingerprint density at radius 2 is 1.06 bits per heavy atom. The fraction of sp³-hybridized carbons (Fsp3) is 0.684. The van der Waals surface area contributed by atoms with Crippen molar-refractivity contribution in [2.24, 2.45) is 0 Å². The number of ether oxygens (including phenoxy) is 4. The number of aliphatic hydroxyl groups is 8. The Morgan fingerprint density at radius 3 is 1.45 bits per heavy atom. The number of hydrogen-bond acceptors (Lipinski definition) is 12. The highest BCUT2D eigenvalue weighted by atomic mass is 16.8. The lowest BCUT2D eigenvalue weighted by molar-refractivity contribution is -0.381. The van der Waals surface area contributed by atoms with Crippen molar-refractivity contribution in [3.05, 3.63) is 35.9 Å². The number of aliphatic hydroxyl groups excluding tert-OH is 8. The summed E-state index contributed by atoms with van der Waals surface area (Å²) >= 11 is 0. The van der Waals surface area contributed by atoms with Crippen molar-refractivity contribution in [3.63, 3.8) is 0 Å². The molecule has 1 aromatic carbocycles. The molecule has 12 nitrogen and oxygen atoms in total. The molecule has 2 heterocycles. The summed E-state index contributed by atoms with van der Waals surface area (Å²) in [6.45, 7) is -1.32. The third kappa shape index (κ3) is 5.22. The first-order valence-electron chi connectivity index (χ1n) is 9.75. The number of benzene rings is 1. The average molecular weight is 448 g/mol. The van der Waals surface area contributed by atoms with Crippen LogP contribution in [0, 0.1) is 0 Å². The average Bonchev–Trinajstić information content (AvgIpc) is 2.79. The first-order chi connectivity index (χ1) is 14.8. The Hall–Kier alpha value is -1.26. The molecule has 176 valence electrons. The minimum atomic E-state index is -1.71. The Kier molecular flexibility index (Phi) is 8.31. The molecule has 3 rings (SSSR count). The summed E-state index contributed by atoms with van der Waals surface area (Å²) in [5.41, 5.74) is 0.372. The Morgan fingerprint density at radius 1 is 0.645 bits per heavy atom. The standard InChI is InChI=1S/C19H28O12/c20-6-9-11(22)13(24)15(26)18(28-9)30-17(8-4-2-1-3-5-8)31-19-16(27)14(25)12(23)10(7-21)29-19/h1-5,9-27H,6-7H2/t9-,10-,11-,12-,13+,14+,15-,16-,18+,19+/m1/s1. The zero-order chi connectivity index (χ0) is 22.7. The summed E-state index contributed by atoms with van der Waals surface area (Å²) in [6, 6.07) is 8.17. The van der Waals surface area contributed by atoms with Gasteiger partial charge >= 0.3 is 0 Å². The maximum absolute atomic E-state index is 10.2. The normalized spacial score (nSPS) is 41.5. The van der Waals surface area contributed by atoms with Crippen molar-refractivity contribution in [2.75, 3.05) is 13.2 Å². The zero-order valence-corrected chi connectivity index (χ0v) is 16.4. The molecule has 2 aliphatic heterocycles. The van der Waals surface area contributed by atoms with Crippen LogP contribution in [-0.4, -0.2) is 115 Å². The monoisotopic (exact) mass is 448 g/mol. The Balaban J connectivity index is 1.81. The van der Waals surface area contributed by atoms with Gasteiger partial charge < -0.3 is 59.8 Å². The molecule has 2 saturated heterocycles. The van der Waals surface area contributed by atoms with Crippen LogP contribution in [0.5, 0.6) is 0 Å². The predicted octanol–water partition coefficient (Wildman–Crippen LogP) is -3.68. The van der Waals surface area contributed by atoms with Gasteiger partial charge in [-0.05, 0) is 0 Å². The molecule has 0 amide bonds. The van der Waals surface area contributed by atoms with Gasteiger partial charge in [-0.1, -0.05) is 30.3 Å². The van der Waals surface area contributed by atoms with Crippen LogP contribution in [0.2, 0.25) is 0 Å². The molecule has 0 spiro atoms. The van der Waals surface area contributed by atoms with Crippen LogP contribution in [0.3, 0.4) is 0 Å². The van der Waals surface area contributed by atoms with Crippen molar-refractivity contribution in [1.29, 1.82) is 0 Å². The molecule has 0 bridgehead atoms. The van der Waals surface area contributed by atoms with E-state index >= 15 is 0 Å². The molecule has 8 N–H and O–H groups in total. The summed E-state index contributed by atoms with van der Waals surface area (Å²) in [5, 5.41) is 79.0. The summed E-state index contributed by atoms with van der Waals surface area (Å²) in [6.07, 6.45) is -16.9. The molecule has 12 heteroatoms. The van der Waals surface area contributed by atoms with Crippen LogP contribution >= 0.6 is 0 Å². The molecule has 0 saturated carbocycles. The van der Waals surface area contributed by atoms with E-state index in [9.17, 15) is 40.9 Å². The van der Waals surface area contributed by atoms with Gasteiger partial charge in [0.05, 0.1) is 13.2 Å². The van der Waals surface area contributed by atoms with Crippen LogP contribution in [0.4, 0.5) is 0 Å². The van der Waals surface area contributed by atoms with E-state index in [1.54, 1.807) is 30.3 Å². The van der Waals surface area contributed by atoms with Gasteiger partial charge in [-0.15, -0.1) is 0 Å². The molecule has 0 aromatic heterocycles. The highest BCUT2D eigenvalue weighted by Crippen LogP contribution is 2.32. The van der Waals surface area contributed by atoms with Crippen LogP contribution in [0.25, 0.3) is 0 Å². The lowest BCUT2D eigenvalue weighted by Crippen LogP contribution is -2.60. The third-order valence-electron chi connectivity index (χ3n) is 5.28. The number of rotatable bonds is 7. The van der Waals surface area contributed by atoms with E-state index in [1.165, 1.54) is 0 Å². The topological polar surface area (TPSA) is 199 Å². The third-order valence-corrected chi connectivity index (χ3v) is 5.28. The second-order valence-electron chi connectivity index (χ2n) is 7.41. The minimum Gasteiger partial charge on any atom is -0.394 e. The van der Waals surface area contributed by atoms with Crippen molar-refractivity contribution in [1.82, 2.24) is 0 Å². The van der Waals surface area contributed by atoms with Gasteiger partial charge in [0, 0.05) is 5.56 Å². The first-order valence-corrected chi connectivity index (χ1v) is 9.75. The molecule has 31 heavy (non-hydrogen) atoms. The van der Waals surface area contributed by atoms with Gasteiger partial charge in [-0.25, -0.2) is 0 Å². The van der Waals surface area contributed by atoms with Gasteiger partial charge in [-0.3, -0.25) is 0 Å². The molecule has 0 aliphatic carbocycles. The van der Waals surface area contributed by atoms with Gasteiger partial charge in [-0.2, -0.15) is 0 Å². The SMILES string of the molecule is OC[C@H]1O[C@@H](OC(O[C@@H]2O[C@H](CO)[C@@H](O)[C@H](O)[C@H]2O)c2ccccc2)[C@H](O)[C@@H](O)[C@@H]1O. The quantitative estimate of drug-likeness (QED) is 0.190. The molecular formula is C19H28O12. The predicted molar refractivity (Wildman–Crippen MR) is 98.9 cm³/mol. The summed E-state index contributed by atoms with van der Waals surface area (Å²) in [7, 11) is 0. The fourth-order valence-corrected chi connectivity index (χ4v) is 3.40. The van der Waals surface area contributed by atoms with E-state index in [1.807, 2.05) is 0 Å². The van der Waals surface area contributed by atoms with Gasteiger partial charge in [0.1, 0.15) is 48.8 Å². The Bertz CT molecular complexity index is 635. The molecule has 2 fully saturated rings. The minimum absolute atomic E-state index is 0.372. The maximum atomic E-state index is 10.2. The molecular weight excluding hydrogens is 420 g/mol. The summed E-state index contributed by atoms with van der Waals surface area (Å²) < 4.78 is 22.0.